The van der Waals surface area contributed by atoms with Crippen molar-refractivity contribution in [2.24, 2.45) is 0 Å². The highest BCUT2D eigenvalue weighted by molar-refractivity contribution is 7.15. The molecule has 2 aromatic heterocycles. The molecule has 0 saturated heterocycles. The van der Waals surface area contributed by atoms with Crippen LogP contribution in [0.4, 0.5) is 0 Å². The highest BCUT2D eigenvalue weighted by atomic mass is 32.1. The number of imidazole rings is 1. The number of aromatic nitrogens is 2. The largest absolute Gasteiger partial charge is 0.310 e. The molecule has 0 aliphatic rings. The number of nitrogens with zero attached hydrogens (tertiary/aromatic N) is 2. The Hall–Kier alpha value is -1.31. The van der Waals surface area contributed by atoms with Crippen LogP contribution in [0.5, 0.6) is 0 Å². The van der Waals surface area contributed by atoms with E-state index in [1.165, 1.54) is 0 Å². The molecule has 0 atom stereocenters. The molecule has 0 fully saturated rings. The standard InChI is InChI=1S/C10H11N3S/c1-2-3-4-11-7-9-8-13-5-6-14-10(13)12-9/h1,5-6,8,11H,3-4,7H2. The molecular weight excluding hydrogens is 194 g/mol. The zero-order valence-electron chi connectivity index (χ0n) is 7.73. The van der Waals surface area contributed by atoms with Crippen molar-refractivity contribution < 1.29 is 0 Å². The Balaban J connectivity index is 1.92. The van der Waals surface area contributed by atoms with Crippen molar-refractivity contribution in [2.45, 2.75) is 13.0 Å². The zero-order valence-corrected chi connectivity index (χ0v) is 8.55. The van der Waals surface area contributed by atoms with Crippen molar-refractivity contribution in [3.05, 3.63) is 23.5 Å². The molecule has 72 valence electrons. The van der Waals surface area contributed by atoms with Crippen LogP contribution in [0.1, 0.15) is 12.1 Å². The molecule has 0 aliphatic heterocycles. The molecule has 0 aromatic carbocycles. The van der Waals surface area contributed by atoms with Gasteiger partial charge in [0.05, 0.1) is 5.69 Å². The maximum absolute atomic E-state index is 5.14. The van der Waals surface area contributed by atoms with E-state index in [1.54, 1.807) is 11.3 Å². The third-order valence-corrected chi connectivity index (χ3v) is 2.67. The van der Waals surface area contributed by atoms with Crippen LogP contribution >= 0.6 is 11.3 Å². The first-order chi connectivity index (χ1) is 6.90. The van der Waals surface area contributed by atoms with E-state index in [4.69, 9.17) is 6.42 Å². The molecule has 2 rings (SSSR count). The van der Waals surface area contributed by atoms with Gasteiger partial charge in [-0.15, -0.1) is 23.7 Å². The van der Waals surface area contributed by atoms with E-state index in [-0.39, 0.29) is 0 Å². The highest BCUT2D eigenvalue weighted by Gasteiger charge is 2.00. The fourth-order valence-electron chi connectivity index (χ4n) is 1.24. The van der Waals surface area contributed by atoms with Crippen molar-refractivity contribution in [3.8, 4) is 12.3 Å². The van der Waals surface area contributed by atoms with Gasteiger partial charge in [0.25, 0.3) is 0 Å². The van der Waals surface area contributed by atoms with Gasteiger partial charge in [0.15, 0.2) is 4.96 Å². The lowest BCUT2D eigenvalue weighted by atomic mass is 10.4. The number of hydrogen-bond acceptors (Lipinski definition) is 3. The summed E-state index contributed by atoms with van der Waals surface area (Å²) in [7, 11) is 0. The van der Waals surface area contributed by atoms with E-state index >= 15 is 0 Å². The topological polar surface area (TPSA) is 29.3 Å². The molecule has 1 N–H and O–H groups in total. The lowest BCUT2D eigenvalue weighted by Crippen LogP contribution is -2.14. The van der Waals surface area contributed by atoms with E-state index in [0.717, 1.165) is 30.2 Å². The van der Waals surface area contributed by atoms with Crippen molar-refractivity contribution in [3.63, 3.8) is 0 Å². The highest BCUT2D eigenvalue weighted by Crippen LogP contribution is 2.10. The molecule has 0 bridgehead atoms. The van der Waals surface area contributed by atoms with Gasteiger partial charge in [-0.25, -0.2) is 4.98 Å². The van der Waals surface area contributed by atoms with Crippen LogP contribution < -0.4 is 5.32 Å². The summed E-state index contributed by atoms with van der Waals surface area (Å²) in [6.07, 6.45) is 9.96. The number of thiazole rings is 1. The van der Waals surface area contributed by atoms with Crippen LogP contribution in [0.3, 0.4) is 0 Å². The molecule has 0 unspecified atom stereocenters. The minimum absolute atomic E-state index is 0.766. The molecule has 4 heteroatoms. The average molecular weight is 205 g/mol. The number of fused-ring (bicyclic) bond motifs is 1. The quantitative estimate of drug-likeness (QED) is 0.605. The second kappa shape index (κ2) is 4.27. The van der Waals surface area contributed by atoms with E-state index < -0.39 is 0 Å². The van der Waals surface area contributed by atoms with Gasteiger partial charge < -0.3 is 5.32 Å². The number of nitrogens with one attached hydrogen (secondary N) is 1. The molecule has 2 heterocycles. The van der Waals surface area contributed by atoms with Crippen molar-refractivity contribution in [1.82, 2.24) is 14.7 Å². The van der Waals surface area contributed by atoms with Crippen LogP contribution in [-0.4, -0.2) is 15.9 Å². The molecule has 0 saturated carbocycles. The Morgan fingerprint density at radius 3 is 3.36 bits per heavy atom. The first-order valence-electron chi connectivity index (χ1n) is 4.45. The van der Waals surface area contributed by atoms with Gasteiger partial charge >= 0.3 is 0 Å². The number of terminal acetylenes is 1. The minimum Gasteiger partial charge on any atom is -0.310 e. The third-order valence-electron chi connectivity index (χ3n) is 1.90. The molecular formula is C10H11N3S. The van der Waals surface area contributed by atoms with Crippen molar-refractivity contribution in [1.29, 1.82) is 0 Å². The Morgan fingerprint density at radius 2 is 2.57 bits per heavy atom. The fraction of sp³-hybridized carbons (Fsp3) is 0.300. The average Bonchev–Trinajstić information content (AvgIpc) is 2.72. The maximum atomic E-state index is 5.14. The second-order valence-corrected chi connectivity index (χ2v) is 3.83. The lowest BCUT2D eigenvalue weighted by molar-refractivity contribution is 0.691. The first-order valence-corrected chi connectivity index (χ1v) is 5.33. The zero-order chi connectivity index (χ0) is 9.80. The Morgan fingerprint density at radius 1 is 1.64 bits per heavy atom. The number of rotatable bonds is 4. The lowest BCUT2D eigenvalue weighted by Gasteiger charge is -1.97. The van der Waals surface area contributed by atoms with Crippen LogP contribution in [-0.2, 0) is 6.54 Å². The SMILES string of the molecule is C#CCCNCc1cn2ccsc2n1. The summed E-state index contributed by atoms with van der Waals surface area (Å²) in [6, 6.07) is 0. The maximum Gasteiger partial charge on any atom is 0.193 e. The molecule has 0 radical (unpaired) electrons. The van der Waals surface area contributed by atoms with Crippen LogP contribution in [0.2, 0.25) is 0 Å². The normalized spacial score (nSPS) is 10.5. The molecule has 0 aliphatic carbocycles. The van der Waals surface area contributed by atoms with Gasteiger partial charge in [0.2, 0.25) is 0 Å². The second-order valence-electron chi connectivity index (χ2n) is 2.96. The number of hydrogen-bond donors (Lipinski definition) is 1. The molecule has 14 heavy (non-hydrogen) atoms. The van der Waals surface area contributed by atoms with Crippen molar-refractivity contribution >= 4 is 16.3 Å². The summed E-state index contributed by atoms with van der Waals surface area (Å²) >= 11 is 1.64. The smallest absolute Gasteiger partial charge is 0.193 e. The first kappa shape index (κ1) is 9.25. The van der Waals surface area contributed by atoms with Gasteiger partial charge in [0.1, 0.15) is 0 Å². The van der Waals surface area contributed by atoms with Crippen LogP contribution in [0.15, 0.2) is 17.8 Å². The Kier molecular flexibility index (Phi) is 2.82. The Bertz CT molecular complexity index is 421. The van der Waals surface area contributed by atoms with E-state index in [9.17, 15) is 0 Å². The predicted molar refractivity (Wildman–Crippen MR) is 58.2 cm³/mol. The van der Waals surface area contributed by atoms with E-state index in [1.807, 2.05) is 22.2 Å². The minimum atomic E-state index is 0.766. The van der Waals surface area contributed by atoms with Gasteiger partial charge in [-0.05, 0) is 0 Å². The van der Waals surface area contributed by atoms with Gasteiger partial charge in [-0.1, -0.05) is 0 Å². The molecule has 0 spiro atoms. The van der Waals surface area contributed by atoms with Gasteiger partial charge in [-0.3, -0.25) is 4.40 Å². The van der Waals surface area contributed by atoms with Crippen LogP contribution in [0.25, 0.3) is 4.96 Å². The molecule has 0 amide bonds. The summed E-state index contributed by atoms with van der Waals surface area (Å²) < 4.78 is 2.03. The third kappa shape index (κ3) is 1.95. The molecule has 2 aromatic rings. The van der Waals surface area contributed by atoms with Crippen LogP contribution in [0, 0.1) is 12.3 Å². The van der Waals surface area contributed by atoms with E-state index in [0.29, 0.717) is 0 Å². The summed E-state index contributed by atoms with van der Waals surface area (Å²) in [5.41, 5.74) is 1.06. The monoisotopic (exact) mass is 205 g/mol. The summed E-state index contributed by atoms with van der Waals surface area (Å²) in [6.45, 7) is 1.64. The fourth-order valence-corrected chi connectivity index (χ4v) is 1.96. The van der Waals surface area contributed by atoms with Gasteiger partial charge in [0, 0.05) is 37.3 Å². The van der Waals surface area contributed by atoms with Crippen molar-refractivity contribution in [2.75, 3.05) is 6.54 Å². The molecule has 3 nitrogen and oxygen atoms in total. The summed E-state index contributed by atoms with van der Waals surface area (Å²) in [5.74, 6) is 2.59. The Labute approximate surface area is 86.8 Å². The summed E-state index contributed by atoms with van der Waals surface area (Å²) in [4.78, 5) is 5.48. The predicted octanol–water partition coefficient (Wildman–Crippen LogP) is 1.51. The van der Waals surface area contributed by atoms with Gasteiger partial charge in [-0.2, -0.15) is 0 Å². The summed E-state index contributed by atoms with van der Waals surface area (Å²) in [5, 5.41) is 5.27. The van der Waals surface area contributed by atoms with E-state index in [2.05, 4.69) is 16.2 Å².